The summed E-state index contributed by atoms with van der Waals surface area (Å²) in [7, 11) is 0. The maximum Gasteiger partial charge on any atom is 0.313 e. The van der Waals surface area contributed by atoms with Crippen LogP contribution < -0.4 is 0 Å². The standard InChI is InChI=1S/C22H34O5/c1-14(24)27-13-22(19(25)26)8-3-7-20(2)17-5-4-15-10-21(17,9-6-18(20)22)11-16(15)12-23/h15-18,23H,3-13H2,1-2H3,(H,25,26)/t15-,16+,17+,18+,20+,21+,22+/m1/s1. The molecule has 0 aromatic rings. The van der Waals surface area contributed by atoms with Crippen molar-refractivity contribution in [2.24, 2.45) is 39.9 Å². The smallest absolute Gasteiger partial charge is 0.313 e. The number of hydrogen-bond acceptors (Lipinski definition) is 4. The van der Waals surface area contributed by atoms with Crippen molar-refractivity contribution in [3.8, 4) is 0 Å². The van der Waals surface area contributed by atoms with Crippen molar-refractivity contribution in [2.45, 2.75) is 71.6 Å². The summed E-state index contributed by atoms with van der Waals surface area (Å²) in [5.74, 6) is 0.509. The zero-order valence-electron chi connectivity index (χ0n) is 16.7. The lowest BCUT2D eigenvalue weighted by atomic mass is 9.40. The van der Waals surface area contributed by atoms with E-state index in [1.165, 1.54) is 19.8 Å². The van der Waals surface area contributed by atoms with Gasteiger partial charge in [0, 0.05) is 13.5 Å². The Labute approximate surface area is 161 Å². The lowest BCUT2D eigenvalue weighted by molar-refractivity contribution is -0.195. The van der Waals surface area contributed by atoms with Crippen LogP contribution >= 0.6 is 0 Å². The summed E-state index contributed by atoms with van der Waals surface area (Å²) < 4.78 is 5.32. The van der Waals surface area contributed by atoms with E-state index >= 15 is 0 Å². The minimum atomic E-state index is -0.938. The Morgan fingerprint density at radius 1 is 1.07 bits per heavy atom. The third-order valence-electron chi connectivity index (χ3n) is 9.29. The van der Waals surface area contributed by atoms with Gasteiger partial charge in [0.15, 0.2) is 0 Å². The topological polar surface area (TPSA) is 83.8 Å². The molecule has 4 aliphatic rings. The molecule has 0 aliphatic heterocycles. The van der Waals surface area contributed by atoms with Gasteiger partial charge in [0.2, 0.25) is 0 Å². The fraction of sp³-hybridized carbons (Fsp3) is 0.909. The van der Waals surface area contributed by atoms with Crippen LogP contribution in [-0.4, -0.2) is 35.4 Å². The molecule has 0 unspecified atom stereocenters. The van der Waals surface area contributed by atoms with Gasteiger partial charge in [0.25, 0.3) is 0 Å². The Kier molecular flexibility index (Phi) is 4.60. The van der Waals surface area contributed by atoms with E-state index in [9.17, 15) is 19.8 Å². The van der Waals surface area contributed by atoms with Crippen LogP contribution in [0.1, 0.15) is 71.6 Å². The molecular formula is C22H34O5. The van der Waals surface area contributed by atoms with Gasteiger partial charge in [0.1, 0.15) is 12.0 Å². The summed E-state index contributed by atoms with van der Waals surface area (Å²) in [6.45, 7) is 4.01. The second-order valence-electron chi connectivity index (χ2n) is 10.3. The first kappa shape index (κ1) is 19.2. The number of rotatable bonds is 4. The first-order chi connectivity index (χ1) is 12.8. The third-order valence-corrected chi connectivity index (χ3v) is 9.29. The average Bonchev–Trinajstić information content (AvgIpc) is 2.89. The first-order valence-corrected chi connectivity index (χ1v) is 10.7. The number of carbonyl (C=O) groups is 2. The first-order valence-electron chi connectivity index (χ1n) is 10.7. The molecule has 0 aromatic carbocycles. The molecule has 7 atom stereocenters. The predicted molar refractivity (Wildman–Crippen MR) is 99.8 cm³/mol. The Bertz CT molecular complexity index is 632. The molecule has 4 aliphatic carbocycles. The highest BCUT2D eigenvalue weighted by atomic mass is 16.5. The summed E-state index contributed by atoms with van der Waals surface area (Å²) >= 11 is 0. The minimum Gasteiger partial charge on any atom is -0.481 e. The summed E-state index contributed by atoms with van der Waals surface area (Å²) in [4.78, 5) is 23.9. The van der Waals surface area contributed by atoms with E-state index in [1.807, 2.05) is 0 Å². The molecule has 0 aromatic heterocycles. The van der Waals surface area contributed by atoms with E-state index in [0.717, 1.165) is 38.5 Å². The summed E-state index contributed by atoms with van der Waals surface area (Å²) in [5, 5.41) is 20.1. The Morgan fingerprint density at radius 2 is 1.85 bits per heavy atom. The van der Waals surface area contributed by atoms with E-state index in [-0.39, 0.29) is 17.9 Å². The van der Waals surface area contributed by atoms with Crippen LogP contribution in [0.3, 0.4) is 0 Å². The highest BCUT2D eigenvalue weighted by Crippen LogP contribution is 2.72. The fourth-order valence-corrected chi connectivity index (χ4v) is 8.33. The molecule has 2 N–H and O–H groups in total. The monoisotopic (exact) mass is 378 g/mol. The molecule has 4 saturated carbocycles. The lowest BCUT2D eigenvalue weighted by Gasteiger charge is -2.63. The largest absolute Gasteiger partial charge is 0.481 e. The van der Waals surface area contributed by atoms with Gasteiger partial charge in [-0.3, -0.25) is 9.59 Å². The zero-order chi connectivity index (χ0) is 19.4. The molecule has 4 rings (SSSR count). The molecule has 4 fully saturated rings. The van der Waals surface area contributed by atoms with Crippen molar-refractivity contribution in [1.29, 1.82) is 0 Å². The van der Waals surface area contributed by atoms with Crippen molar-refractivity contribution in [1.82, 2.24) is 0 Å². The van der Waals surface area contributed by atoms with Crippen molar-refractivity contribution >= 4 is 11.9 Å². The zero-order valence-corrected chi connectivity index (χ0v) is 16.7. The molecular weight excluding hydrogens is 344 g/mol. The van der Waals surface area contributed by atoms with Crippen LogP contribution in [0.4, 0.5) is 0 Å². The van der Waals surface area contributed by atoms with Gasteiger partial charge in [-0.25, -0.2) is 0 Å². The summed E-state index contributed by atoms with van der Waals surface area (Å²) in [6, 6.07) is 0. The SMILES string of the molecule is CC(=O)OC[C@@]1(C(=O)O)CCC[C@@]2(C)[C@@H]3CC[C@@H]4C[C@@]3(CC[C@H]12)C[C@H]4CO. The number of fused-ring (bicyclic) bond motifs is 3. The van der Waals surface area contributed by atoms with Gasteiger partial charge >= 0.3 is 11.9 Å². The van der Waals surface area contributed by atoms with Crippen LogP contribution in [0.15, 0.2) is 0 Å². The number of carboxylic acids is 1. The number of carboxylic acid groups (broad SMARTS) is 1. The number of hydrogen-bond donors (Lipinski definition) is 2. The number of aliphatic carboxylic acids is 1. The van der Waals surface area contributed by atoms with Crippen LogP contribution in [0.2, 0.25) is 0 Å². The number of carbonyl (C=O) groups excluding carboxylic acids is 1. The Morgan fingerprint density at radius 3 is 2.52 bits per heavy atom. The third kappa shape index (κ3) is 2.67. The maximum atomic E-state index is 12.5. The van der Waals surface area contributed by atoms with E-state index in [0.29, 0.717) is 36.2 Å². The van der Waals surface area contributed by atoms with E-state index in [4.69, 9.17) is 4.74 Å². The van der Waals surface area contributed by atoms with Gasteiger partial charge in [-0.15, -0.1) is 0 Å². The molecule has 0 saturated heterocycles. The fourth-order valence-electron chi connectivity index (χ4n) is 8.33. The molecule has 0 radical (unpaired) electrons. The van der Waals surface area contributed by atoms with Crippen LogP contribution in [-0.2, 0) is 14.3 Å². The van der Waals surface area contributed by atoms with Gasteiger partial charge < -0.3 is 14.9 Å². The number of ether oxygens (including phenoxy) is 1. The molecule has 0 heterocycles. The molecule has 5 nitrogen and oxygen atoms in total. The van der Waals surface area contributed by atoms with E-state index in [1.54, 1.807) is 0 Å². The molecule has 152 valence electrons. The molecule has 27 heavy (non-hydrogen) atoms. The molecule has 2 bridgehead atoms. The van der Waals surface area contributed by atoms with E-state index < -0.39 is 17.4 Å². The van der Waals surface area contributed by atoms with Gasteiger partial charge in [-0.05, 0) is 85.9 Å². The number of esters is 1. The van der Waals surface area contributed by atoms with Gasteiger partial charge in [-0.2, -0.15) is 0 Å². The molecule has 1 spiro atoms. The minimum absolute atomic E-state index is 0.00957. The Hall–Kier alpha value is -1.10. The average molecular weight is 379 g/mol. The highest BCUT2D eigenvalue weighted by Gasteiger charge is 2.67. The van der Waals surface area contributed by atoms with Crippen molar-refractivity contribution in [3.05, 3.63) is 0 Å². The van der Waals surface area contributed by atoms with Crippen molar-refractivity contribution in [2.75, 3.05) is 13.2 Å². The highest BCUT2D eigenvalue weighted by molar-refractivity contribution is 5.76. The summed E-state index contributed by atoms with van der Waals surface area (Å²) in [6.07, 6.45) is 9.22. The van der Waals surface area contributed by atoms with Crippen molar-refractivity contribution in [3.63, 3.8) is 0 Å². The quantitative estimate of drug-likeness (QED) is 0.730. The summed E-state index contributed by atoms with van der Waals surface area (Å²) in [5.41, 5.74) is -0.652. The number of aliphatic hydroxyl groups is 1. The lowest BCUT2D eigenvalue weighted by Crippen LogP contribution is -2.60. The van der Waals surface area contributed by atoms with Gasteiger partial charge in [-0.1, -0.05) is 13.3 Å². The van der Waals surface area contributed by atoms with Crippen LogP contribution in [0.25, 0.3) is 0 Å². The number of aliphatic hydroxyl groups excluding tert-OH is 1. The second-order valence-corrected chi connectivity index (χ2v) is 10.3. The maximum absolute atomic E-state index is 12.5. The van der Waals surface area contributed by atoms with E-state index in [2.05, 4.69) is 6.92 Å². The molecule has 0 amide bonds. The predicted octanol–water partition coefficient (Wildman–Crippen LogP) is 3.64. The van der Waals surface area contributed by atoms with Crippen molar-refractivity contribution < 1.29 is 24.5 Å². The normalized spacial score (nSPS) is 48.4. The molecule has 5 heteroatoms. The Balaban J connectivity index is 1.68. The van der Waals surface area contributed by atoms with Crippen LogP contribution in [0, 0.1) is 39.9 Å². The second kappa shape index (κ2) is 6.47. The van der Waals surface area contributed by atoms with Gasteiger partial charge in [0.05, 0.1) is 0 Å². The van der Waals surface area contributed by atoms with Crippen LogP contribution in [0.5, 0.6) is 0 Å².